The third-order valence-electron chi connectivity index (χ3n) is 11.1. The molecule has 0 saturated carbocycles. The first kappa shape index (κ1) is 29.5. The van der Waals surface area contributed by atoms with Crippen molar-refractivity contribution in [1.29, 1.82) is 0 Å². The largest absolute Gasteiger partial charge is 0.135 e. The molecule has 0 bridgehead atoms. The maximum absolute atomic E-state index is 2.41. The van der Waals surface area contributed by atoms with Gasteiger partial charge in [0.25, 0.3) is 0 Å². The predicted octanol–water partition coefficient (Wildman–Crippen LogP) is 15.0. The van der Waals surface area contributed by atoms with E-state index in [9.17, 15) is 0 Å². The third-order valence-corrected chi connectivity index (χ3v) is 12.3. The van der Waals surface area contributed by atoms with Crippen molar-refractivity contribution >= 4 is 53.1 Å². The van der Waals surface area contributed by atoms with Gasteiger partial charge in [0.1, 0.15) is 0 Å². The lowest BCUT2D eigenvalue weighted by Gasteiger charge is -2.20. The molecule has 0 aliphatic heterocycles. The molecule has 1 aromatic heterocycles. The molecule has 52 heavy (non-hydrogen) atoms. The normalized spacial score (nSPS) is 11.9. The lowest BCUT2D eigenvalue weighted by atomic mass is 9.82. The molecule has 11 rings (SSSR count). The molecule has 0 unspecified atom stereocenters. The number of thiophene rings is 1. The highest BCUT2D eigenvalue weighted by Crippen LogP contribution is 2.58. The second kappa shape index (κ2) is 11.4. The Morgan fingerprint density at radius 3 is 1.58 bits per heavy atom. The van der Waals surface area contributed by atoms with Gasteiger partial charge in [0, 0.05) is 25.7 Å². The molecule has 1 aliphatic rings. The van der Waals surface area contributed by atoms with E-state index in [2.05, 4.69) is 183 Å². The van der Waals surface area contributed by atoms with Gasteiger partial charge in [0.2, 0.25) is 0 Å². The molecular weight excluding hydrogens is 645 g/mol. The second-order valence-corrected chi connectivity index (χ2v) is 15.1. The van der Waals surface area contributed by atoms with Gasteiger partial charge in [-0.3, -0.25) is 0 Å². The van der Waals surface area contributed by atoms with Crippen LogP contribution in [0.1, 0.15) is 5.56 Å². The first-order valence-corrected chi connectivity index (χ1v) is 18.8. The number of benzene rings is 9. The van der Waals surface area contributed by atoms with Crippen molar-refractivity contribution in [2.24, 2.45) is 0 Å². The lowest BCUT2D eigenvalue weighted by molar-refractivity contribution is 1.47. The number of hydrogen-bond donors (Lipinski definition) is 0. The van der Waals surface area contributed by atoms with Gasteiger partial charge in [-0.25, -0.2) is 0 Å². The van der Waals surface area contributed by atoms with Gasteiger partial charge >= 0.3 is 0 Å². The Hall–Kier alpha value is -6.28. The molecule has 1 aliphatic carbocycles. The van der Waals surface area contributed by atoms with E-state index in [0.29, 0.717) is 0 Å². The van der Waals surface area contributed by atoms with E-state index < -0.39 is 0 Å². The minimum atomic E-state index is 1.25. The third kappa shape index (κ3) is 4.27. The van der Waals surface area contributed by atoms with Crippen LogP contribution >= 0.6 is 11.3 Å². The van der Waals surface area contributed by atoms with Crippen LogP contribution in [0.4, 0.5) is 0 Å². The monoisotopic (exact) mass is 676 g/mol. The Morgan fingerprint density at radius 1 is 0.327 bits per heavy atom. The fourth-order valence-corrected chi connectivity index (χ4v) is 9.99. The molecule has 0 nitrogen and oxygen atoms in total. The number of aryl methyl sites for hydroxylation is 1. The maximum atomic E-state index is 2.41. The first-order valence-electron chi connectivity index (χ1n) is 18.0. The van der Waals surface area contributed by atoms with E-state index in [4.69, 9.17) is 0 Å². The summed E-state index contributed by atoms with van der Waals surface area (Å²) >= 11 is 1.91. The molecule has 0 fully saturated rings. The highest BCUT2D eigenvalue weighted by Gasteiger charge is 2.31. The molecule has 0 spiro atoms. The standard InChI is InChI=1S/C51H32S/c1-31-22-24-34(25-23-31)47-39-17-9-8-16-38(39)46(33-14-6-3-7-15-33)49-42-21-10-18-37-36(27-28-43(48(37)42)50(47)49)40-19-11-20-41-44-30-35(32-12-4-2-5-13-32)26-29-45(44)52-51(40)41/h2-30H,1H3. The minimum absolute atomic E-state index is 1.25. The van der Waals surface area contributed by atoms with Gasteiger partial charge < -0.3 is 0 Å². The van der Waals surface area contributed by atoms with Crippen LogP contribution in [0.25, 0.3) is 108 Å². The van der Waals surface area contributed by atoms with Gasteiger partial charge in [0.05, 0.1) is 0 Å². The van der Waals surface area contributed by atoms with Crippen molar-refractivity contribution in [3.63, 3.8) is 0 Å². The Kier molecular flexibility index (Phi) is 6.44. The van der Waals surface area contributed by atoms with Crippen LogP contribution in [0.5, 0.6) is 0 Å². The van der Waals surface area contributed by atoms with Crippen LogP contribution in [-0.2, 0) is 0 Å². The Balaban J connectivity index is 1.21. The second-order valence-electron chi connectivity index (χ2n) is 14.0. The van der Waals surface area contributed by atoms with Gasteiger partial charge in [0.15, 0.2) is 0 Å². The van der Waals surface area contributed by atoms with Gasteiger partial charge in [-0.2, -0.15) is 0 Å². The molecule has 1 heterocycles. The predicted molar refractivity (Wildman–Crippen MR) is 225 cm³/mol. The average molecular weight is 677 g/mol. The molecule has 0 amide bonds. The van der Waals surface area contributed by atoms with Crippen molar-refractivity contribution in [1.82, 2.24) is 0 Å². The average Bonchev–Trinajstić information content (AvgIpc) is 3.75. The summed E-state index contributed by atoms with van der Waals surface area (Å²) in [4.78, 5) is 0. The summed E-state index contributed by atoms with van der Waals surface area (Å²) in [5, 5.41) is 7.88. The molecular formula is C51H32S. The summed E-state index contributed by atoms with van der Waals surface area (Å²) in [6, 6.07) is 65.4. The Labute approximate surface area is 306 Å². The lowest BCUT2D eigenvalue weighted by Crippen LogP contribution is -1.93. The van der Waals surface area contributed by atoms with E-state index in [0.717, 1.165) is 0 Å². The first-order chi connectivity index (χ1) is 25.7. The summed E-state index contributed by atoms with van der Waals surface area (Å²) in [7, 11) is 0. The SMILES string of the molecule is Cc1ccc(-c2c3c(c(-c4ccccc4)c4ccccc24)-c2cccc4c(-c5cccc6c5sc5ccc(-c7ccccc7)cc56)ccc-3c24)cc1. The minimum Gasteiger partial charge on any atom is -0.135 e. The van der Waals surface area contributed by atoms with Crippen molar-refractivity contribution in [3.05, 3.63) is 181 Å². The van der Waals surface area contributed by atoms with Crippen LogP contribution in [0, 0.1) is 6.92 Å². The van der Waals surface area contributed by atoms with E-state index >= 15 is 0 Å². The fraction of sp³-hybridized carbons (Fsp3) is 0.0196. The summed E-state index contributed by atoms with van der Waals surface area (Å²) < 4.78 is 2.66. The van der Waals surface area contributed by atoms with E-state index in [1.54, 1.807) is 0 Å². The zero-order chi connectivity index (χ0) is 34.3. The van der Waals surface area contributed by atoms with Crippen molar-refractivity contribution in [2.75, 3.05) is 0 Å². The number of hydrogen-bond acceptors (Lipinski definition) is 1. The van der Waals surface area contributed by atoms with Crippen molar-refractivity contribution < 1.29 is 0 Å². The molecule has 10 aromatic rings. The fourth-order valence-electron chi connectivity index (χ4n) is 8.78. The maximum Gasteiger partial charge on any atom is 0.0434 e. The summed E-state index contributed by atoms with van der Waals surface area (Å²) in [6.07, 6.45) is 0. The summed E-state index contributed by atoms with van der Waals surface area (Å²) in [6.45, 7) is 2.17. The highest BCUT2D eigenvalue weighted by molar-refractivity contribution is 7.26. The van der Waals surface area contributed by atoms with Gasteiger partial charge in [-0.15, -0.1) is 11.3 Å². The van der Waals surface area contributed by atoms with Crippen LogP contribution in [0.3, 0.4) is 0 Å². The molecule has 0 saturated heterocycles. The topological polar surface area (TPSA) is 0 Å². The molecule has 0 radical (unpaired) electrons. The van der Waals surface area contributed by atoms with Crippen LogP contribution < -0.4 is 0 Å². The van der Waals surface area contributed by atoms with E-state index in [1.807, 2.05) is 11.3 Å². The number of fused-ring (bicyclic) bond motifs is 7. The van der Waals surface area contributed by atoms with Crippen LogP contribution in [0.2, 0.25) is 0 Å². The van der Waals surface area contributed by atoms with Crippen molar-refractivity contribution in [2.45, 2.75) is 6.92 Å². The van der Waals surface area contributed by atoms with Crippen molar-refractivity contribution in [3.8, 4) is 66.8 Å². The summed E-state index contributed by atoms with van der Waals surface area (Å²) in [5.74, 6) is 0. The highest BCUT2D eigenvalue weighted by atomic mass is 32.1. The molecule has 1 heteroatoms. The Morgan fingerprint density at radius 2 is 0.865 bits per heavy atom. The Bertz CT molecular complexity index is 3040. The molecule has 0 N–H and O–H groups in total. The van der Waals surface area contributed by atoms with Crippen LogP contribution in [-0.4, -0.2) is 0 Å². The quantitative estimate of drug-likeness (QED) is 0.174. The van der Waals surface area contributed by atoms with E-state index in [1.165, 1.54) is 114 Å². The van der Waals surface area contributed by atoms with Gasteiger partial charge in [-0.05, 0) is 102 Å². The molecule has 242 valence electrons. The number of rotatable bonds is 4. The summed E-state index contributed by atoms with van der Waals surface area (Å²) in [5.41, 5.74) is 16.8. The zero-order valence-corrected chi connectivity index (χ0v) is 29.5. The molecule has 9 aromatic carbocycles. The van der Waals surface area contributed by atoms with Crippen LogP contribution in [0.15, 0.2) is 176 Å². The molecule has 0 atom stereocenters. The smallest absolute Gasteiger partial charge is 0.0434 e. The van der Waals surface area contributed by atoms with E-state index in [-0.39, 0.29) is 0 Å². The van der Waals surface area contributed by atoms with Gasteiger partial charge in [-0.1, -0.05) is 169 Å². The zero-order valence-electron chi connectivity index (χ0n) is 28.7.